The largest absolute Gasteiger partial charge is 0.375 e. The molecule has 0 spiro atoms. The fourth-order valence-electron chi connectivity index (χ4n) is 2.68. The molecule has 1 aliphatic rings. The summed E-state index contributed by atoms with van der Waals surface area (Å²) in [5.41, 5.74) is 5.87. The van der Waals surface area contributed by atoms with Crippen molar-refractivity contribution in [2.45, 2.75) is 6.54 Å². The highest BCUT2D eigenvalue weighted by atomic mass is 35.5. The standard InChI is InChI=1S/C16H20FN5OS.ClH/c17-13-3-1-2-4-14(13)20-15(23)11-22-7-5-21(6-8-22)10-12-9-19-16(18)24-12;/h1-4,9H,5-8,10-11H2,(H2,18,19)(H,20,23);1H. The molecule has 1 amide bonds. The minimum absolute atomic E-state index is 0. The number of carbonyl (C=O) groups excluding carboxylic acids is 1. The Bertz CT molecular complexity index is 705. The van der Waals surface area contributed by atoms with Crippen molar-refractivity contribution in [3.8, 4) is 0 Å². The molecule has 0 aliphatic carbocycles. The molecule has 0 bridgehead atoms. The van der Waals surface area contributed by atoms with Gasteiger partial charge in [0.05, 0.1) is 12.2 Å². The molecule has 1 aliphatic heterocycles. The molecule has 1 fully saturated rings. The predicted octanol–water partition coefficient (Wildman–Crippen LogP) is 2.04. The molecule has 2 heterocycles. The van der Waals surface area contributed by atoms with Crippen molar-refractivity contribution in [1.82, 2.24) is 14.8 Å². The van der Waals surface area contributed by atoms with Gasteiger partial charge in [-0.05, 0) is 12.1 Å². The second-order valence-corrected chi connectivity index (χ2v) is 6.89. The van der Waals surface area contributed by atoms with Crippen molar-refractivity contribution < 1.29 is 9.18 Å². The van der Waals surface area contributed by atoms with Gasteiger partial charge < -0.3 is 11.1 Å². The van der Waals surface area contributed by atoms with E-state index in [1.165, 1.54) is 17.4 Å². The number of halogens is 2. The topological polar surface area (TPSA) is 74.5 Å². The number of para-hydroxylation sites is 1. The number of thiazole rings is 1. The molecule has 136 valence electrons. The van der Waals surface area contributed by atoms with Gasteiger partial charge in [-0.1, -0.05) is 12.1 Å². The number of benzene rings is 1. The van der Waals surface area contributed by atoms with Crippen LogP contribution in [0.1, 0.15) is 4.88 Å². The first-order chi connectivity index (χ1) is 11.6. The molecular formula is C16H21ClFN5OS. The normalized spacial score (nSPS) is 15.6. The molecule has 0 radical (unpaired) electrons. The van der Waals surface area contributed by atoms with Gasteiger partial charge in [0, 0.05) is 43.8 Å². The minimum atomic E-state index is -0.417. The van der Waals surface area contributed by atoms with Gasteiger partial charge in [0.25, 0.3) is 0 Å². The molecule has 0 saturated carbocycles. The van der Waals surface area contributed by atoms with Gasteiger partial charge in [0.2, 0.25) is 5.91 Å². The lowest BCUT2D eigenvalue weighted by molar-refractivity contribution is -0.117. The monoisotopic (exact) mass is 385 g/mol. The Labute approximate surface area is 156 Å². The highest BCUT2D eigenvalue weighted by Gasteiger charge is 2.20. The van der Waals surface area contributed by atoms with Crippen molar-refractivity contribution in [3.05, 3.63) is 41.2 Å². The number of nitrogen functional groups attached to an aromatic ring is 1. The van der Waals surface area contributed by atoms with E-state index >= 15 is 0 Å². The zero-order valence-corrected chi connectivity index (χ0v) is 15.3. The number of hydrogen-bond acceptors (Lipinski definition) is 6. The second kappa shape index (κ2) is 9.10. The van der Waals surface area contributed by atoms with Gasteiger partial charge in [0.1, 0.15) is 5.82 Å². The van der Waals surface area contributed by atoms with Crippen molar-refractivity contribution in [3.63, 3.8) is 0 Å². The van der Waals surface area contributed by atoms with E-state index in [9.17, 15) is 9.18 Å². The summed E-state index contributed by atoms with van der Waals surface area (Å²) < 4.78 is 13.5. The van der Waals surface area contributed by atoms with Crippen molar-refractivity contribution in [1.29, 1.82) is 0 Å². The number of carbonyl (C=O) groups is 1. The van der Waals surface area contributed by atoms with Gasteiger partial charge in [-0.25, -0.2) is 9.37 Å². The molecule has 1 aromatic carbocycles. The third-order valence-corrected chi connectivity index (χ3v) is 4.74. The maximum Gasteiger partial charge on any atom is 0.238 e. The summed E-state index contributed by atoms with van der Waals surface area (Å²) in [4.78, 5) is 21.7. The highest BCUT2D eigenvalue weighted by Crippen LogP contribution is 2.17. The smallest absolute Gasteiger partial charge is 0.238 e. The highest BCUT2D eigenvalue weighted by molar-refractivity contribution is 7.15. The number of nitrogens with zero attached hydrogens (tertiary/aromatic N) is 3. The van der Waals surface area contributed by atoms with E-state index in [0.29, 0.717) is 5.13 Å². The van der Waals surface area contributed by atoms with Crippen LogP contribution in [-0.4, -0.2) is 53.4 Å². The molecule has 0 atom stereocenters. The molecule has 1 saturated heterocycles. The van der Waals surface area contributed by atoms with Crippen LogP contribution < -0.4 is 11.1 Å². The van der Waals surface area contributed by atoms with Crippen LogP contribution in [0.2, 0.25) is 0 Å². The number of amides is 1. The summed E-state index contributed by atoms with van der Waals surface area (Å²) in [6, 6.07) is 6.19. The minimum Gasteiger partial charge on any atom is -0.375 e. The van der Waals surface area contributed by atoms with Gasteiger partial charge in [-0.15, -0.1) is 23.7 Å². The summed E-state index contributed by atoms with van der Waals surface area (Å²) in [5, 5.41) is 3.21. The third-order valence-electron chi connectivity index (χ3n) is 3.93. The first-order valence-electron chi connectivity index (χ1n) is 7.79. The SMILES string of the molecule is Cl.Nc1ncc(CN2CCN(CC(=O)Nc3ccccc3F)CC2)s1. The van der Waals surface area contributed by atoms with Gasteiger partial charge in [-0.2, -0.15) is 0 Å². The molecular weight excluding hydrogens is 365 g/mol. The predicted molar refractivity (Wildman–Crippen MR) is 101 cm³/mol. The van der Waals surface area contributed by atoms with E-state index in [4.69, 9.17) is 5.73 Å². The zero-order valence-electron chi connectivity index (χ0n) is 13.7. The van der Waals surface area contributed by atoms with E-state index in [2.05, 4.69) is 20.1 Å². The number of hydrogen-bond donors (Lipinski definition) is 2. The number of anilines is 2. The maximum atomic E-state index is 13.5. The number of aromatic nitrogens is 1. The summed E-state index contributed by atoms with van der Waals surface area (Å²) in [6.45, 7) is 4.48. The van der Waals surface area contributed by atoms with Crippen molar-refractivity contribution in [2.24, 2.45) is 0 Å². The van der Waals surface area contributed by atoms with Crippen LogP contribution in [-0.2, 0) is 11.3 Å². The van der Waals surface area contributed by atoms with E-state index in [1.54, 1.807) is 18.2 Å². The van der Waals surface area contributed by atoms with Crippen molar-refractivity contribution in [2.75, 3.05) is 43.8 Å². The molecule has 6 nitrogen and oxygen atoms in total. The summed E-state index contributed by atoms with van der Waals surface area (Å²) in [5.74, 6) is -0.608. The third kappa shape index (κ3) is 5.64. The molecule has 0 unspecified atom stereocenters. The van der Waals surface area contributed by atoms with Crippen LogP contribution >= 0.6 is 23.7 Å². The lowest BCUT2D eigenvalue weighted by Gasteiger charge is -2.33. The quantitative estimate of drug-likeness (QED) is 0.823. The fourth-order valence-corrected chi connectivity index (χ4v) is 3.40. The van der Waals surface area contributed by atoms with E-state index < -0.39 is 5.82 Å². The summed E-state index contributed by atoms with van der Waals surface area (Å²) in [7, 11) is 0. The number of rotatable bonds is 5. The Morgan fingerprint density at radius 3 is 2.56 bits per heavy atom. The molecule has 25 heavy (non-hydrogen) atoms. The fraction of sp³-hybridized carbons (Fsp3) is 0.375. The molecule has 9 heteroatoms. The van der Waals surface area contributed by atoms with E-state index in [0.717, 1.165) is 37.6 Å². The molecule has 3 rings (SSSR count). The number of nitrogens with one attached hydrogen (secondary N) is 1. The van der Waals surface area contributed by atoms with Crippen LogP contribution in [0, 0.1) is 5.82 Å². The van der Waals surface area contributed by atoms with Crippen LogP contribution in [0.25, 0.3) is 0 Å². The Morgan fingerprint density at radius 1 is 1.24 bits per heavy atom. The van der Waals surface area contributed by atoms with Crippen LogP contribution in [0.15, 0.2) is 30.5 Å². The Hall–Kier alpha value is -1.74. The summed E-state index contributed by atoms with van der Waals surface area (Å²) >= 11 is 1.51. The van der Waals surface area contributed by atoms with E-state index in [-0.39, 0.29) is 30.5 Å². The first kappa shape index (κ1) is 19.6. The van der Waals surface area contributed by atoms with Gasteiger partial charge in [-0.3, -0.25) is 14.6 Å². The second-order valence-electron chi connectivity index (χ2n) is 5.75. The van der Waals surface area contributed by atoms with Crippen LogP contribution in [0.3, 0.4) is 0 Å². The average molecular weight is 386 g/mol. The van der Waals surface area contributed by atoms with Crippen molar-refractivity contribution >= 4 is 40.5 Å². The molecule has 2 aromatic rings. The lowest BCUT2D eigenvalue weighted by Crippen LogP contribution is -2.48. The van der Waals surface area contributed by atoms with Gasteiger partial charge in [0.15, 0.2) is 5.13 Å². The summed E-state index contributed by atoms with van der Waals surface area (Å²) in [6.07, 6.45) is 1.81. The number of nitrogens with two attached hydrogens (primary N) is 1. The Kier molecular flexibility index (Phi) is 7.12. The van der Waals surface area contributed by atoms with Gasteiger partial charge >= 0.3 is 0 Å². The lowest BCUT2D eigenvalue weighted by atomic mass is 10.3. The van der Waals surface area contributed by atoms with Crippen LogP contribution in [0.5, 0.6) is 0 Å². The molecule has 3 N–H and O–H groups in total. The maximum absolute atomic E-state index is 13.5. The Morgan fingerprint density at radius 2 is 1.92 bits per heavy atom. The zero-order chi connectivity index (χ0) is 16.9. The molecule has 1 aromatic heterocycles. The first-order valence-corrected chi connectivity index (χ1v) is 8.61. The van der Waals surface area contributed by atoms with E-state index in [1.807, 2.05) is 6.20 Å². The number of piperazine rings is 1. The average Bonchev–Trinajstić information content (AvgIpc) is 2.96. The Balaban J connectivity index is 0.00000225. The van der Waals surface area contributed by atoms with Crippen LogP contribution in [0.4, 0.5) is 15.2 Å².